The molecule has 32 heavy (non-hydrogen) atoms. The lowest BCUT2D eigenvalue weighted by Gasteiger charge is -2.18. The molecule has 0 spiro atoms. The summed E-state index contributed by atoms with van der Waals surface area (Å²) in [7, 11) is -0.754. The minimum absolute atomic E-state index is 0.0601. The number of ketones is 1. The number of hydrogen-bond acceptors (Lipinski definition) is 5. The highest BCUT2D eigenvalue weighted by Crippen LogP contribution is 2.25. The van der Waals surface area contributed by atoms with E-state index in [1.807, 2.05) is 38.1 Å². The first-order valence-electron chi connectivity index (χ1n) is 10.0. The molecule has 0 saturated heterocycles. The van der Waals surface area contributed by atoms with Gasteiger partial charge in [0.15, 0.2) is 6.10 Å². The number of rotatable bonds is 7. The van der Waals surface area contributed by atoms with Crippen molar-refractivity contribution in [3.8, 4) is 0 Å². The predicted octanol–water partition coefficient (Wildman–Crippen LogP) is 4.33. The Labute approximate surface area is 188 Å². The van der Waals surface area contributed by atoms with Gasteiger partial charge in [-0.3, -0.25) is 4.79 Å². The number of Topliss-reactive ketones (excluding diaryl/α,β-unsaturated/α-hetero) is 1. The van der Waals surface area contributed by atoms with E-state index < -0.39 is 22.1 Å². The number of aryl methyl sites for hydroxylation is 2. The molecule has 166 valence electrons. The fraction of sp³-hybridized carbons (Fsp3) is 0.200. The lowest BCUT2D eigenvalue weighted by molar-refractivity contribution is 0.0280. The maximum absolute atomic E-state index is 13.2. The van der Waals surface area contributed by atoms with Gasteiger partial charge in [0.1, 0.15) is 0 Å². The average Bonchev–Trinajstić information content (AvgIpc) is 2.78. The summed E-state index contributed by atoms with van der Waals surface area (Å²) in [6.07, 6.45) is -1.13. The Hall–Kier alpha value is -3.29. The van der Waals surface area contributed by atoms with Crippen LogP contribution in [0.2, 0.25) is 0 Å². The minimum atomic E-state index is -3.62. The normalized spacial score (nSPS) is 12.4. The van der Waals surface area contributed by atoms with Crippen LogP contribution in [0.3, 0.4) is 0 Å². The van der Waals surface area contributed by atoms with Crippen LogP contribution >= 0.6 is 0 Å². The standard InChI is InChI=1S/C25H25NO5S/c1-17-5-9-19(10-6-17)23(27)24(20-11-7-18(2)8-12-20)31-25(28)21-13-15-22(16-14-21)32(29,30)26(3)4/h5-16,24H,1-4H3/t24-/m1/s1. The topological polar surface area (TPSA) is 80.8 Å². The Kier molecular flexibility index (Phi) is 6.91. The molecular formula is C25H25NO5S. The number of esters is 1. The first kappa shape index (κ1) is 23.4. The van der Waals surface area contributed by atoms with Crippen LogP contribution < -0.4 is 0 Å². The zero-order chi connectivity index (χ0) is 23.5. The number of benzene rings is 3. The molecule has 0 radical (unpaired) electrons. The highest BCUT2D eigenvalue weighted by molar-refractivity contribution is 7.89. The summed E-state index contributed by atoms with van der Waals surface area (Å²) in [6.45, 7) is 3.85. The highest BCUT2D eigenvalue weighted by atomic mass is 32.2. The second-order valence-corrected chi connectivity index (χ2v) is 9.89. The van der Waals surface area contributed by atoms with Crippen molar-refractivity contribution in [3.05, 3.63) is 101 Å². The van der Waals surface area contributed by atoms with Crippen LogP contribution in [-0.4, -0.2) is 38.6 Å². The molecule has 0 aliphatic rings. The number of carbonyl (C=O) groups is 2. The van der Waals surface area contributed by atoms with Crippen LogP contribution in [-0.2, 0) is 14.8 Å². The average molecular weight is 452 g/mol. The Balaban J connectivity index is 1.90. The van der Waals surface area contributed by atoms with E-state index in [0.29, 0.717) is 11.1 Å². The predicted molar refractivity (Wildman–Crippen MR) is 122 cm³/mol. The molecule has 0 fully saturated rings. The van der Waals surface area contributed by atoms with E-state index in [4.69, 9.17) is 4.74 Å². The monoisotopic (exact) mass is 451 g/mol. The van der Waals surface area contributed by atoms with Gasteiger partial charge >= 0.3 is 5.97 Å². The summed E-state index contributed by atoms with van der Waals surface area (Å²) >= 11 is 0. The molecule has 0 unspecified atom stereocenters. The highest BCUT2D eigenvalue weighted by Gasteiger charge is 2.27. The van der Waals surface area contributed by atoms with Crippen LogP contribution in [0.1, 0.15) is 43.5 Å². The quantitative estimate of drug-likeness (QED) is 0.394. The second-order valence-electron chi connectivity index (χ2n) is 7.74. The number of nitrogens with zero attached hydrogens (tertiary/aromatic N) is 1. The lowest BCUT2D eigenvalue weighted by Crippen LogP contribution is -2.22. The van der Waals surface area contributed by atoms with Gasteiger partial charge in [-0.15, -0.1) is 0 Å². The molecule has 6 nitrogen and oxygen atoms in total. The van der Waals surface area contributed by atoms with Gasteiger partial charge in [-0.25, -0.2) is 17.5 Å². The third-order valence-corrected chi connectivity index (χ3v) is 6.88. The summed E-state index contributed by atoms with van der Waals surface area (Å²) in [6, 6.07) is 19.7. The van der Waals surface area contributed by atoms with Gasteiger partial charge in [0.05, 0.1) is 10.5 Å². The van der Waals surface area contributed by atoms with E-state index in [2.05, 4.69) is 0 Å². The van der Waals surface area contributed by atoms with E-state index in [1.165, 1.54) is 38.4 Å². The first-order chi connectivity index (χ1) is 15.1. The Bertz CT molecular complexity index is 1210. The van der Waals surface area contributed by atoms with Crippen molar-refractivity contribution in [1.29, 1.82) is 0 Å². The summed E-state index contributed by atoms with van der Waals surface area (Å²) in [5.74, 6) is -1.06. The third-order valence-electron chi connectivity index (χ3n) is 5.05. The van der Waals surface area contributed by atoms with E-state index in [-0.39, 0.29) is 16.2 Å². The zero-order valence-electron chi connectivity index (χ0n) is 18.4. The van der Waals surface area contributed by atoms with Crippen molar-refractivity contribution in [2.75, 3.05) is 14.1 Å². The molecule has 0 aromatic heterocycles. The fourth-order valence-corrected chi connectivity index (χ4v) is 3.93. The maximum Gasteiger partial charge on any atom is 0.339 e. The summed E-state index contributed by atoms with van der Waals surface area (Å²) < 4.78 is 31.2. The van der Waals surface area contributed by atoms with Crippen molar-refractivity contribution in [3.63, 3.8) is 0 Å². The lowest BCUT2D eigenvalue weighted by atomic mass is 9.98. The van der Waals surface area contributed by atoms with Crippen LogP contribution in [0, 0.1) is 13.8 Å². The van der Waals surface area contributed by atoms with Gasteiger partial charge in [-0.05, 0) is 38.1 Å². The Morgan fingerprint density at radius 3 is 1.72 bits per heavy atom. The third kappa shape index (κ3) is 5.12. The molecule has 0 bridgehead atoms. The van der Waals surface area contributed by atoms with Gasteiger partial charge in [-0.1, -0.05) is 59.7 Å². The molecular weight excluding hydrogens is 426 g/mol. The Morgan fingerprint density at radius 2 is 1.22 bits per heavy atom. The summed E-state index contributed by atoms with van der Waals surface area (Å²) in [4.78, 5) is 26.1. The summed E-state index contributed by atoms with van der Waals surface area (Å²) in [5.41, 5.74) is 3.16. The fourth-order valence-electron chi connectivity index (χ4n) is 3.03. The molecule has 0 saturated carbocycles. The molecule has 0 heterocycles. The van der Waals surface area contributed by atoms with Crippen molar-refractivity contribution < 1.29 is 22.7 Å². The first-order valence-corrected chi connectivity index (χ1v) is 11.4. The minimum Gasteiger partial charge on any atom is -0.445 e. The van der Waals surface area contributed by atoms with Gasteiger partial charge < -0.3 is 4.74 Å². The van der Waals surface area contributed by atoms with Crippen molar-refractivity contribution in [2.45, 2.75) is 24.8 Å². The Morgan fingerprint density at radius 1 is 0.750 bits per heavy atom. The molecule has 3 aromatic carbocycles. The van der Waals surface area contributed by atoms with Crippen molar-refractivity contribution in [1.82, 2.24) is 4.31 Å². The maximum atomic E-state index is 13.2. The molecule has 1 atom stereocenters. The van der Waals surface area contributed by atoms with Crippen molar-refractivity contribution >= 4 is 21.8 Å². The molecule has 0 aliphatic carbocycles. The van der Waals surface area contributed by atoms with Gasteiger partial charge in [0.25, 0.3) is 0 Å². The van der Waals surface area contributed by atoms with E-state index in [1.54, 1.807) is 24.3 Å². The zero-order valence-corrected chi connectivity index (χ0v) is 19.2. The molecule has 0 N–H and O–H groups in total. The largest absolute Gasteiger partial charge is 0.445 e. The van der Waals surface area contributed by atoms with Crippen LogP contribution in [0.25, 0.3) is 0 Å². The number of carbonyl (C=O) groups excluding carboxylic acids is 2. The second kappa shape index (κ2) is 9.46. The SMILES string of the molecule is Cc1ccc(C(=O)[C@H](OC(=O)c2ccc(S(=O)(=O)N(C)C)cc2)c2ccc(C)cc2)cc1. The molecule has 0 aliphatic heterocycles. The van der Waals surface area contributed by atoms with Crippen LogP contribution in [0.5, 0.6) is 0 Å². The molecule has 3 rings (SSSR count). The van der Waals surface area contributed by atoms with E-state index >= 15 is 0 Å². The van der Waals surface area contributed by atoms with Gasteiger partial charge in [0.2, 0.25) is 15.8 Å². The summed E-state index contributed by atoms with van der Waals surface area (Å²) in [5, 5.41) is 0. The molecule has 0 amide bonds. The number of ether oxygens (including phenoxy) is 1. The molecule has 3 aromatic rings. The van der Waals surface area contributed by atoms with Crippen LogP contribution in [0.15, 0.2) is 77.7 Å². The number of hydrogen-bond donors (Lipinski definition) is 0. The van der Waals surface area contributed by atoms with Gasteiger partial charge in [-0.2, -0.15) is 0 Å². The van der Waals surface area contributed by atoms with E-state index in [9.17, 15) is 18.0 Å². The van der Waals surface area contributed by atoms with E-state index in [0.717, 1.165) is 15.4 Å². The molecule has 7 heteroatoms. The number of sulfonamides is 1. The van der Waals surface area contributed by atoms with Crippen molar-refractivity contribution in [2.24, 2.45) is 0 Å². The van der Waals surface area contributed by atoms with Crippen LogP contribution in [0.4, 0.5) is 0 Å². The smallest absolute Gasteiger partial charge is 0.339 e. The van der Waals surface area contributed by atoms with Gasteiger partial charge in [0, 0.05) is 25.2 Å².